The summed E-state index contributed by atoms with van der Waals surface area (Å²) >= 11 is 0. The lowest BCUT2D eigenvalue weighted by molar-refractivity contribution is -0.140. The zero-order valence-electron chi connectivity index (χ0n) is 19.1. The van der Waals surface area contributed by atoms with Gasteiger partial charge in [-0.05, 0) is 56.8 Å². The van der Waals surface area contributed by atoms with Gasteiger partial charge in [0.05, 0.1) is 19.3 Å². The second-order valence-electron chi connectivity index (χ2n) is 9.09. The fourth-order valence-corrected chi connectivity index (χ4v) is 4.92. The molecule has 2 aliphatic rings. The van der Waals surface area contributed by atoms with Crippen molar-refractivity contribution in [3.05, 3.63) is 24.3 Å². The molecular weight excluding hydrogens is 396 g/mol. The topological polar surface area (TPSA) is 93.1 Å². The first kappa shape index (κ1) is 25.8. The molecule has 2 saturated carbocycles. The van der Waals surface area contributed by atoms with Gasteiger partial charge in [0, 0.05) is 38.4 Å². The third kappa shape index (κ3) is 7.55. The summed E-state index contributed by atoms with van der Waals surface area (Å²) in [6, 6.07) is 0. The second-order valence-corrected chi connectivity index (χ2v) is 9.09. The molecule has 0 aromatic rings. The highest BCUT2D eigenvalue weighted by Gasteiger charge is 2.42. The van der Waals surface area contributed by atoms with E-state index in [2.05, 4.69) is 4.74 Å². The molecule has 2 N–H and O–H groups in total. The smallest absolute Gasteiger partial charge is 0.305 e. The van der Waals surface area contributed by atoms with E-state index < -0.39 is 12.2 Å². The predicted octanol–water partition coefficient (Wildman–Crippen LogP) is 3.75. The van der Waals surface area contributed by atoms with Gasteiger partial charge in [0.2, 0.25) is 0 Å². The van der Waals surface area contributed by atoms with Crippen LogP contribution >= 0.6 is 0 Å². The molecule has 2 rings (SSSR count). The first-order valence-electron chi connectivity index (χ1n) is 11.7. The molecule has 1 unspecified atom stereocenters. The minimum atomic E-state index is -0.655. The number of unbranched alkanes of at least 4 members (excludes halogenated alkanes) is 1. The third-order valence-electron chi connectivity index (χ3n) is 7.07. The van der Waals surface area contributed by atoms with E-state index >= 15 is 0 Å². The van der Waals surface area contributed by atoms with Gasteiger partial charge in [-0.25, -0.2) is 0 Å². The molecule has 0 aliphatic heterocycles. The van der Waals surface area contributed by atoms with Crippen molar-refractivity contribution in [2.45, 2.75) is 82.8 Å². The van der Waals surface area contributed by atoms with E-state index in [1.807, 2.05) is 24.3 Å². The van der Waals surface area contributed by atoms with Crippen molar-refractivity contribution < 1.29 is 29.3 Å². The van der Waals surface area contributed by atoms with E-state index in [0.29, 0.717) is 19.3 Å². The van der Waals surface area contributed by atoms with Gasteiger partial charge in [0.1, 0.15) is 5.78 Å². The van der Waals surface area contributed by atoms with Crippen molar-refractivity contribution in [1.29, 1.82) is 0 Å². The normalized spacial score (nSPS) is 26.5. The lowest BCUT2D eigenvalue weighted by Crippen LogP contribution is -2.41. The molecule has 0 spiro atoms. The molecule has 0 amide bonds. The Hall–Kier alpha value is -1.50. The monoisotopic (exact) mass is 436 g/mol. The van der Waals surface area contributed by atoms with E-state index in [-0.39, 0.29) is 35.4 Å². The maximum Gasteiger partial charge on any atom is 0.305 e. The van der Waals surface area contributed by atoms with Gasteiger partial charge in [-0.15, -0.1) is 0 Å². The Kier molecular flexibility index (Phi) is 10.9. The number of esters is 1. The third-order valence-corrected chi connectivity index (χ3v) is 7.07. The highest BCUT2D eigenvalue weighted by Crippen LogP contribution is 2.48. The summed E-state index contributed by atoms with van der Waals surface area (Å²) in [4.78, 5) is 23.5. The molecule has 6 nitrogen and oxygen atoms in total. The van der Waals surface area contributed by atoms with Crippen LogP contribution in [-0.4, -0.2) is 55.0 Å². The lowest BCUT2D eigenvalue weighted by atomic mass is 9.62. The molecule has 2 aliphatic carbocycles. The number of Topliss-reactive ketones (excluding diaryl/α,β-unsaturated/α-hetero) is 1. The number of carbonyl (C=O) groups is 2. The number of aliphatic hydroxyl groups is 2. The summed E-state index contributed by atoms with van der Waals surface area (Å²) in [5, 5.41) is 21.2. The molecule has 2 fully saturated rings. The maximum absolute atomic E-state index is 12.4. The van der Waals surface area contributed by atoms with Gasteiger partial charge in [0.15, 0.2) is 0 Å². The second kappa shape index (κ2) is 13.1. The summed E-state index contributed by atoms with van der Waals surface area (Å²) in [6.45, 7) is 0.721. The van der Waals surface area contributed by atoms with Gasteiger partial charge < -0.3 is 19.7 Å². The summed E-state index contributed by atoms with van der Waals surface area (Å²) in [6.07, 6.45) is 15.2. The van der Waals surface area contributed by atoms with Gasteiger partial charge in [-0.2, -0.15) is 0 Å². The van der Waals surface area contributed by atoms with E-state index in [4.69, 9.17) is 4.74 Å². The van der Waals surface area contributed by atoms with Crippen molar-refractivity contribution in [3.63, 3.8) is 0 Å². The number of hydrogen-bond donors (Lipinski definition) is 2. The number of hydrogen-bond acceptors (Lipinski definition) is 6. The highest BCUT2D eigenvalue weighted by molar-refractivity contribution is 5.84. The summed E-state index contributed by atoms with van der Waals surface area (Å²) in [5.41, 5.74) is -0.000675. The minimum Gasteiger partial charge on any atom is -0.469 e. The largest absolute Gasteiger partial charge is 0.469 e. The Morgan fingerprint density at radius 3 is 2.65 bits per heavy atom. The van der Waals surface area contributed by atoms with Gasteiger partial charge >= 0.3 is 5.97 Å². The van der Waals surface area contributed by atoms with Crippen LogP contribution in [0.1, 0.15) is 70.6 Å². The van der Waals surface area contributed by atoms with Crippen molar-refractivity contribution >= 4 is 11.8 Å². The standard InChI is InChI=1S/C25H40O6/c1-30-17-9-16-25(14-8-15-25)23(28)12-7-11-20-19(21(26)18-22(20)27)10-5-3-4-6-13-24(29)31-2/h3,5,7,11,19-20,22-23,27-28H,4,6,8-10,12-18H2,1-2H3/b5-3-,11-7+/t19-,20-,22-,23?/m1/s1. The van der Waals surface area contributed by atoms with Crippen LogP contribution in [0.2, 0.25) is 0 Å². The lowest BCUT2D eigenvalue weighted by Gasteiger charge is -2.45. The number of ketones is 1. The molecule has 176 valence electrons. The molecule has 0 aromatic heterocycles. The highest BCUT2D eigenvalue weighted by atomic mass is 16.5. The number of ether oxygens (including phenoxy) is 2. The Bertz CT molecular complexity index is 622. The molecule has 31 heavy (non-hydrogen) atoms. The fourth-order valence-electron chi connectivity index (χ4n) is 4.92. The maximum atomic E-state index is 12.4. The SMILES string of the molecule is COCCCC1(C(O)C/C=C/[C@H]2[C@H](O)CC(=O)[C@@H]2C/C=C\CCCC(=O)OC)CCC1. The van der Waals surface area contributed by atoms with E-state index in [1.54, 1.807) is 7.11 Å². The van der Waals surface area contributed by atoms with Crippen molar-refractivity contribution in [2.75, 3.05) is 20.8 Å². The van der Waals surface area contributed by atoms with Crippen LogP contribution in [0.15, 0.2) is 24.3 Å². The van der Waals surface area contributed by atoms with Gasteiger partial charge in [0.25, 0.3) is 0 Å². The zero-order valence-corrected chi connectivity index (χ0v) is 19.1. The number of carbonyl (C=O) groups excluding carboxylic acids is 2. The Morgan fingerprint density at radius 2 is 2.00 bits per heavy atom. The molecule has 0 bridgehead atoms. The molecule has 4 atom stereocenters. The van der Waals surface area contributed by atoms with Crippen LogP contribution in [-0.2, 0) is 19.1 Å². The van der Waals surface area contributed by atoms with E-state index in [9.17, 15) is 19.8 Å². The van der Waals surface area contributed by atoms with Crippen LogP contribution in [0.4, 0.5) is 0 Å². The van der Waals surface area contributed by atoms with E-state index in [0.717, 1.165) is 51.6 Å². The molecule has 0 saturated heterocycles. The predicted molar refractivity (Wildman–Crippen MR) is 119 cm³/mol. The van der Waals surface area contributed by atoms with Crippen LogP contribution < -0.4 is 0 Å². The Morgan fingerprint density at radius 1 is 1.23 bits per heavy atom. The first-order valence-corrected chi connectivity index (χ1v) is 11.7. The number of rotatable bonds is 14. The van der Waals surface area contributed by atoms with Crippen molar-refractivity contribution in [1.82, 2.24) is 0 Å². The Labute approximate surface area is 186 Å². The number of methoxy groups -OCH3 is 2. The quantitative estimate of drug-likeness (QED) is 0.245. The van der Waals surface area contributed by atoms with Crippen molar-refractivity contribution in [2.24, 2.45) is 17.3 Å². The summed E-state index contributed by atoms with van der Waals surface area (Å²) in [7, 11) is 3.09. The van der Waals surface area contributed by atoms with Crippen LogP contribution in [0.5, 0.6) is 0 Å². The van der Waals surface area contributed by atoms with E-state index in [1.165, 1.54) is 7.11 Å². The molecule has 0 aromatic carbocycles. The average Bonchev–Trinajstić information content (AvgIpc) is 2.99. The van der Waals surface area contributed by atoms with Crippen LogP contribution in [0, 0.1) is 17.3 Å². The Balaban J connectivity index is 1.83. The molecule has 6 heteroatoms. The van der Waals surface area contributed by atoms with Crippen molar-refractivity contribution in [3.8, 4) is 0 Å². The fraction of sp³-hybridized carbons (Fsp3) is 0.760. The van der Waals surface area contributed by atoms with Crippen LogP contribution in [0.25, 0.3) is 0 Å². The molecular formula is C25H40O6. The first-order chi connectivity index (χ1) is 14.9. The minimum absolute atomic E-state index is 0.000675. The van der Waals surface area contributed by atoms with Crippen LogP contribution in [0.3, 0.4) is 0 Å². The molecule has 0 radical (unpaired) electrons. The van der Waals surface area contributed by atoms with Gasteiger partial charge in [-0.3, -0.25) is 9.59 Å². The summed E-state index contributed by atoms with van der Waals surface area (Å²) < 4.78 is 9.78. The average molecular weight is 437 g/mol. The zero-order chi connectivity index (χ0) is 22.7. The van der Waals surface area contributed by atoms with Gasteiger partial charge in [-0.1, -0.05) is 30.7 Å². The number of aliphatic hydroxyl groups excluding tert-OH is 2. The number of allylic oxidation sites excluding steroid dienone is 2. The summed E-state index contributed by atoms with van der Waals surface area (Å²) in [5.74, 6) is -0.543. The molecule has 0 heterocycles.